The van der Waals surface area contributed by atoms with Crippen molar-refractivity contribution in [1.82, 2.24) is 24.7 Å². The number of nitrogens with one attached hydrogen (secondary N) is 1. The SMILES string of the molecule is O=C(CSc1nnc2c3ccccc3n(Cc3ccccc3)c2n1)Nc1ncc(Cc2ccc(F)cc2)s1. The lowest BCUT2D eigenvalue weighted by atomic mass is 10.1. The standard InChI is InChI=1S/C28H21FN6OS2/c29-20-12-10-18(11-13-20)14-21-15-30-27(38-21)31-24(36)17-37-28-32-26-25(33-34-28)22-8-4-5-9-23(22)35(26)16-19-6-2-1-3-7-19/h1-13,15H,14,16-17H2,(H,30,31,36). The number of amides is 1. The highest BCUT2D eigenvalue weighted by Crippen LogP contribution is 2.28. The smallest absolute Gasteiger partial charge is 0.236 e. The monoisotopic (exact) mass is 540 g/mol. The van der Waals surface area contributed by atoms with Gasteiger partial charge in [0.1, 0.15) is 11.3 Å². The molecule has 0 atom stereocenters. The van der Waals surface area contributed by atoms with Crippen LogP contribution in [0, 0.1) is 5.82 Å². The number of fused-ring (bicyclic) bond motifs is 3. The molecule has 0 aliphatic carbocycles. The molecular formula is C28H21FN6OS2. The van der Waals surface area contributed by atoms with E-state index in [2.05, 4.69) is 43.3 Å². The molecule has 0 unspecified atom stereocenters. The number of thioether (sulfide) groups is 1. The maximum atomic E-state index is 13.1. The van der Waals surface area contributed by atoms with Crippen molar-refractivity contribution in [3.63, 3.8) is 0 Å². The number of benzene rings is 3. The highest BCUT2D eigenvalue weighted by molar-refractivity contribution is 7.99. The van der Waals surface area contributed by atoms with Crippen molar-refractivity contribution in [2.24, 2.45) is 0 Å². The number of thiazole rings is 1. The molecule has 0 aliphatic rings. The Balaban J connectivity index is 1.15. The maximum absolute atomic E-state index is 13.1. The van der Waals surface area contributed by atoms with Crippen molar-refractivity contribution >= 4 is 56.2 Å². The van der Waals surface area contributed by atoms with Gasteiger partial charge in [-0.25, -0.2) is 14.4 Å². The quantitative estimate of drug-likeness (QED) is 0.240. The Morgan fingerprint density at radius 3 is 2.58 bits per heavy atom. The van der Waals surface area contributed by atoms with Gasteiger partial charge in [0.2, 0.25) is 11.1 Å². The van der Waals surface area contributed by atoms with E-state index in [1.807, 2.05) is 36.4 Å². The fourth-order valence-corrected chi connectivity index (χ4v) is 5.66. The lowest BCUT2D eigenvalue weighted by Crippen LogP contribution is -2.14. The topological polar surface area (TPSA) is 85.6 Å². The van der Waals surface area contributed by atoms with E-state index in [0.717, 1.165) is 38.1 Å². The molecule has 3 aromatic heterocycles. The van der Waals surface area contributed by atoms with Gasteiger partial charge in [0.05, 0.1) is 11.3 Å². The van der Waals surface area contributed by atoms with Gasteiger partial charge in [0.15, 0.2) is 10.8 Å². The van der Waals surface area contributed by atoms with Gasteiger partial charge in [-0.15, -0.1) is 21.5 Å². The number of rotatable bonds is 8. The molecule has 0 saturated heterocycles. The van der Waals surface area contributed by atoms with Crippen LogP contribution in [0.2, 0.25) is 0 Å². The fraction of sp³-hybridized carbons (Fsp3) is 0.107. The van der Waals surface area contributed by atoms with E-state index in [4.69, 9.17) is 4.98 Å². The second-order valence-electron chi connectivity index (χ2n) is 8.63. The zero-order valence-corrected chi connectivity index (χ0v) is 21.7. The molecule has 7 nitrogen and oxygen atoms in total. The van der Waals surface area contributed by atoms with Crippen molar-refractivity contribution < 1.29 is 9.18 Å². The van der Waals surface area contributed by atoms with Crippen LogP contribution < -0.4 is 5.32 Å². The highest BCUT2D eigenvalue weighted by Gasteiger charge is 2.16. The van der Waals surface area contributed by atoms with Crippen LogP contribution in [-0.4, -0.2) is 36.4 Å². The summed E-state index contributed by atoms with van der Waals surface area (Å²) >= 11 is 2.63. The van der Waals surface area contributed by atoms with E-state index < -0.39 is 0 Å². The van der Waals surface area contributed by atoms with Crippen LogP contribution in [0.15, 0.2) is 90.2 Å². The van der Waals surface area contributed by atoms with Crippen LogP contribution in [0.5, 0.6) is 0 Å². The van der Waals surface area contributed by atoms with Crippen molar-refractivity contribution in [3.05, 3.63) is 107 Å². The first-order valence-corrected chi connectivity index (χ1v) is 13.7. The van der Waals surface area contributed by atoms with E-state index in [1.165, 1.54) is 35.2 Å². The molecule has 3 aromatic carbocycles. The third-order valence-corrected chi connectivity index (χ3v) is 7.71. The van der Waals surface area contributed by atoms with Gasteiger partial charge in [-0.1, -0.05) is 72.4 Å². The summed E-state index contributed by atoms with van der Waals surface area (Å²) in [6.45, 7) is 0.651. The second kappa shape index (κ2) is 10.7. The maximum Gasteiger partial charge on any atom is 0.236 e. The lowest BCUT2D eigenvalue weighted by molar-refractivity contribution is -0.113. The summed E-state index contributed by atoms with van der Waals surface area (Å²) in [5.74, 6) is -0.343. The van der Waals surface area contributed by atoms with Crippen LogP contribution in [0.4, 0.5) is 9.52 Å². The average molecular weight is 541 g/mol. The van der Waals surface area contributed by atoms with Gasteiger partial charge in [-0.3, -0.25) is 4.79 Å². The van der Waals surface area contributed by atoms with E-state index in [9.17, 15) is 9.18 Å². The van der Waals surface area contributed by atoms with Crippen LogP contribution in [0.3, 0.4) is 0 Å². The number of para-hydroxylation sites is 1. The minimum Gasteiger partial charge on any atom is -0.319 e. The Morgan fingerprint density at radius 2 is 1.74 bits per heavy atom. The van der Waals surface area contributed by atoms with Crippen LogP contribution in [0.25, 0.3) is 22.1 Å². The zero-order chi connectivity index (χ0) is 25.9. The van der Waals surface area contributed by atoms with Gasteiger partial charge in [-0.2, -0.15) is 0 Å². The molecule has 3 heterocycles. The Kier molecular flexibility index (Phi) is 6.80. The Hall–Kier alpha value is -4.15. The van der Waals surface area contributed by atoms with E-state index in [0.29, 0.717) is 23.3 Å². The number of nitrogens with zero attached hydrogens (tertiary/aromatic N) is 5. The predicted octanol–water partition coefficient (Wildman–Crippen LogP) is 5.95. The zero-order valence-electron chi connectivity index (χ0n) is 20.0. The van der Waals surface area contributed by atoms with E-state index in [1.54, 1.807) is 18.3 Å². The normalized spacial score (nSPS) is 11.3. The molecule has 188 valence electrons. The number of halogens is 1. The van der Waals surface area contributed by atoms with Crippen molar-refractivity contribution in [2.45, 2.75) is 18.1 Å². The highest BCUT2D eigenvalue weighted by atomic mass is 32.2. The largest absolute Gasteiger partial charge is 0.319 e. The summed E-state index contributed by atoms with van der Waals surface area (Å²) < 4.78 is 15.3. The Labute approximate surface area is 225 Å². The first-order chi connectivity index (χ1) is 18.6. The number of hydrogen-bond donors (Lipinski definition) is 1. The van der Waals surface area contributed by atoms with Crippen molar-refractivity contribution in [1.29, 1.82) is 0 Å². The molecule has 1 amide bonds. The number of anilines is 1. The molecule has 0 radical (unpaired) electrons. The van der Waals surface area contributed by atoms with E-state index in [-0.39, 0.29) is 17.5 Å². The van der Waals surface area contributed by atoms with Crippen molar-refractivity contribution in [2.75, 3.05) is 11.1 Å². The minimum atomic E-state index is -0.264. The third kappa shape index (κ3) is 5.27. The predicted molar refractivity (Wildman–Crippen MR) is 149 cm³/mol. The molecule has 0 saturated carbocycles. The van der Waals surface area contributed by atoms with Gasteiger partial charge in [-0.05, 0) is 29.3 Å². The summed E-state index contributed by atoms with van der Waals surface area (Å²) in [7, 11) is 0. The summed E-state index contributed by atoms with van der Waals surface area (Å²) in [5.41, 5.74) is 4.64. The van der Waals surface area contributed by atoms with Crippen LogP contribution >= 0.6 is 23.1 Å². The number of hydrogen-bond acceptors (Lipinski definition) is 7. The molecule has 0 fully saturated rings. The minimum absolute atomic E-state index is 0.124. The van der Waals surface area contributed by atoms with E-state index >= 15 is 0 Å². The molecule has 1 N–H and O–H groups in total. The Morgan fingerprint density at radius 1 is 0.947 bits per heavy atom. The molecular weight excluding hydrogens is 519 g/mol. The first-order valence-electron chi connectivity index (χ1n) is 11.9. The summed E-state index contributed by atoms with van der Waals surface area (Å²) in [5, 5.41) is 13.5. The van der Waals surface area contributed by atoms with Crippen molar-refractivity contribution in [3.8, 4) is 0 Å². The lowest BCUT2D eigenvalue weighted by Gasteiger charge is -2.07. The molecule has 38 heavy (non-hydrogen) atoms. The van der Waals surface area contributed by atoms with Gasteiger partial charge >= 0.3 is 0 Å². The van der Waals surface area contributed by atoms with Crippen LogP contribution in [0.1, 0.15) is 16.0 Å². The molecule has 10 heteroatoms. The van der Waals surface area contributed by atoms with Crippen LogP contribution in [-0.2, 0) is 17.8 Å². The number of carbonyl (C=O) groups is 1. The number of aromatic nitrogens is 5. The molecule has 0 aliphatic heterocycles. The van der Waals surface area contributed by atoms with Gasteiger partial charge in [0.25, 0.3) is 0 Å². The summed E-state index contributed by atoms with van der Waals surface area (Å²) in [6.07, 6.45) is 2.35. The molecule has 6 rings (SSSR count). The Bertz CT molecular complexity index is 1730. The van der Waals surface area contributed by atoms with Gasteiger partial charge < -0.3 is 9.88 Å². The third-order valence-electron chi connectivity index (χ3n) is 5.96. The summed E-state index contributed by atoms with van der Waals surface area (Å²) in [4.78, 5) is 22.7. The summed E-state index contributed by atoms with van der Waals surface area (Å²) in [6, 6.07) is 24.6. The van der Waals surface area contributed by atoms with Gasteiger partial charge in [0, 0.05) is 29.4 Å². The average Bonchev–Trinajstić information content (AvgIpc) is 3.51. The molecule has 0 bridgehead atoms. The molecule has 6 aromatic rings. The fourth-order valence-electron chi connectivity index (χ4n) is 4.21. The second-order valence-corrected chi connectivity index (χ2v) is 10.7. The first kappa shape index (κ1) is 24.2. The number of carbonyl (C=O) groups excluding carboxylic acids is 1. The molecule has 0 spiro atoms.